The van der Waals surface area contributed by atoms with Crippen molar-refractivity contribution in [1.82, 2.24) is 4.90 Å². The van der Waals surface area contributed by atoms with Crippen LogP contribution in [0.4, 0.5) is 0 Å². The predicted molar refractivity (Wildman–Crippen MR) is 83.0 cm³/mol. The fourth-order valence-corrected chi connectivity index (χ4v) is 3.85. The van der Waals surface area contributed by atoms with E-state index in [-0.39, 0.29) is 11.9 Å². The molecule has 2 aliphatic rings. The molecule has 1 saturated heterocycles. The van der Waals surface area contributed by atoms with Crippen molar-refractivity contribution in [3.05, 3.63) is 0 Å². The van der Waals surface area contributed by atoms with Crippen LogP contribution in [-0.4, -0.2) is 47.8 Å². The predicted octanol–water partition coefficient (Wildman–Crippen LogP) is 2.59. The first kappa shape index (κ1) is 16.8. The molecule has 1 atom stereocenters. The highest BCUT2D eigenvalue weighted by Crippen LogP contribution is 2.34. The Morgan fingerprint density at radius 3 is 2.62 bits per heavy atom. The van der Waals surface area contributed by atoms with E-state index in [4.69, 9.17) is 4.74 Å². The summed E-state index contributed by atoms with van der Waals surface area (Å²) in [5.41, 5.74) is -0.599. The summed E-state index contributed by atoms with van der Waals surface area (Å²) in [5, 5.41) is 10.8. The summed E-state index contributed by atoms with van der Waals surface area (Å²) in [6.07, 6.45) is 6.80. The van der Waals surface area contributed by atoms with Gasteiger partial charge in [-0.2, -0.15) is 0 Å². The van der Waals surface area contributed by atoms with Crippen molar-refractivity contribution in [2.24, 2.45) is 11.8 Å². The second-order valence-corrected chi connectivity index (χ2v) is 6.90. The first-order valence-electron chi connectivity index (χ1n) is 8.67. The fraction of sp³-hybridized carbons (Fsp3) is 0.941. The van der Waals surface area contributed by atoms with Crippen molar-refractivity contribution in [2.45, 2.75) is 64.4 Å². The van der Waals surface area contributed by atoms with E-state index in [1.165, 1.54) is 19.3 Å². The number of carbonyl (C=O) groups excluding carboxylic acids is 1. The normalized spacial score (nSPS) is 34.6. The molecular weight excluding hydrogens is 266 g/mol. The molecule has 4 heteroatoms. The summed E-state index contributed by atoms with van der Waals surface area (Å²) in [7, 11) is 0. The minimum atomic E-state index is -0.599. The van der Waals surface area contributed by atoms with Gasteiger partial charge in [0.2, 0.25) is 0 Å². The van der Waals surface area contributed by atoms with Crippen molar-refractivity contribution < 1.29 is 14.6 Å². The van der Waals surface area contributed by atoms with Crippen LogP contribution in [0.2, 0.25) is 0 Å². The molecular formula is C17H31NO3. The molecule has 0 aromatic rings. The number of likely N-dealkylation sites (tertiary alicyclic amines) is 1. The third-order valence-corrected chi connectivity index (χ3v) is 5.23. The third kappa shape index (κ3) is 4.68. The molecule has 21 heavy (non-hydrogen) atoms. The molecule has 4 nitrogen and oxygen atoms in total. The molecule has 0 amide bonds. The number of hydrogen-bond acceptors (Lipinski definition) is 4. The van der Waals surface area contributed by atoms with Crippen LogP contribution in [0.15, 0.2) is 0 Å². The zero-order valence-corrected chi connectivity index (χ0v) is 13.6. The van der Waals surface area contributed by atoms with Crippen LogP contribution in [0.5, 0.6) is 0 Å². The van der Waals surface area contributed by atoms with Crippen LogP contribution in [0, 0.1) is 11.8 Å². The number of nitrogens with zero attached hydrogens (tertiary/aromatic N) is 1. The van der Waals surface area contributed by atoms with E-state index in [9.17, 15) is 9.90 Å². The average Bonchev–Trinajstić information content (AvgIpc) is 2.48. The Bertz CT molecular complexity index is 337. The largest absolute Gasteiger partial charge is 0.466 e. The Labute approximate surface area is 128 Å². The number of ether oxygens (including phenoxy) is 1. The van der Waals surface area contributed by atoms with Gasteiger partial charge in [0.1, 0.15) is 0 Å². The van der Waals surface area contributed by atoms with Crippen molar-refractivity contribution in [2.75, 3.05) is 26.2 Å². The molecule has 1 aliphatic carbocycles. The van der Waals surface area contributed by atoms with Crippen molar-refractivity contribution in [3.8, 4) is 0 Å². The van der Waals surface area contributed by atoms with Gasteiger partial charge in [0.25, 0.3) is 0 Å². The molecule has 0 bridgehead atoms. The smallest absolute Gasteiger partial charge is 0.308 e. The third-order valence-electron chi connectivity index (χ3n) is 5.23. The van der Waals surface area contributed by atoms with Crippen LogP contribution in [0.25, 0.3) is 0 Å². The number of esters is 1. The highest BCUT2D eigenvalue weighted by Gasteiger charge is 2.38. The van der Waals surface area contributed by atoms with E-state index in [0.717, 1.165) is 51.2 Å². The minimum Gasteiger partial charge on any atom is -0.466 e. The van der Waals surface area contributed by atoms with Crippen LogP contribution in [-0.2, 0) is 9.53 Å². The van der Waals surface area contributed by atoms with Gasteiger partial charge in [0.05, 0.1) is 18.1 Å². The van der Waals surface area contributed by atoms with Gasteiger partial charge in [-0.15, -0.1) is 0 Å². The SMILES string of the molecule is CCOC(=O)C1CCC(O)(CN2CCCC(CC)C2)CC1. The van der Waals surface area contributed by atoms with Crippen molar-refractivity contribution in [3.63, 3.8) is 0 Å². The maximum atomic E-state index is 11.8. The highest BCUT2D eigenvalue weighted by molar-refractivity contribution is 5.72. The zero-order valence-electron chi connectivity index (χ0n) is 13.6. The van der Waals surface area contributed by atoms with E-state index >= 15 is 0 Å². The van der Waals surface area contributed by atoms with E-state index in [0.29, 0.717) is 6.61 Å². The second kappa shape index (κ2) is 7.59. The van der Waals surface area contributed by atoms with Gasteiger partial charge < -0.3 is 14.7 Å². The van der Waals surface area contributed by atoms with Gasteiger partial charge in [-0.05, 0) is 57.9 Å². The molecule has 1 N–H and O–H groups in total. The first-order valence-corrected chi connectivity index (χ1v) is 8.67. The monoisotopic (exact) mass is 297 g/mol. The molecule has 1 unspecified atom stereocenters. The Morgan fingerprint density at radius 2 is 2.00 bits per heavy atom. The van der Waals surface area contributed by atoms with Gasteiger partial charge >= 0.3 is 5.97 Å². The van der Waals surface area contributed by atoms with Gasteiger partial charge in [-0.3, -0.25) is 4.79 Å². The van der Waals surface area contributed by atoms with E-state index < -0.39 is 5.60 Å². The highest BCUT2D eigenvalue weighted by atomic mass is 16.5. The summed E-state index contributed by atoms with van der Waals surface area (Å²) < 4.78 is 5.10. The topological polar surface area (TPSA) is 49.8 Å². The van der Waals surface area contributed by atoms with Crippen LogP contribution >= 0.6 is 0 Å². The standard InChI is InChI=1S/C17H31NO3/c1-3-14-6-5-11-18(12-14)13-17(20)9-7-15(8-10-17)16(19)21-4-2/h14-15,20H,3-13H2,1-2H3. The molecule has 0 aromatic carbocycles. The minimum absolute atomic E-state index is 0.00466. The summed E-state index contributed by atoms with van der Waals surface area (Å²) in [6.45, 7) is 7.57. The molecule has 0 radical (unpaired) electrons. The zero-order chi connectivity index (χ0) is 15.3. The lowest BCUT2D eigenvalue weighted by Crippen LogP contribution is -2.49. The number of hydrogen-bond donors (Lipinski definition) is 1. The summed E-state index contributed by atoms with van der Waals surface area (Å²) in [6, 6.07) is 0. The quantitative estimate of drug-likeness (QED) is 0.793. The van der Waals surface area contributed by atoms with Crippen molar-refractivity contribution in [1.29, 1.82) is 0 Å². The number of β-amino-alcohol motifs (C(OH)–C–C–N with tert-alkyl or cyclic N) is 1. The van der Waals surface area contributed by atoms with Crippen LogP contribution in [0.3, 0.4) is 0 Å². The van der Waals surface area contributed by atoms with Crippen molar-refractivity contribution >= 4 is 5.97 Å². The molecule has 2 rings (SSSR count). The maximum Gasteiger partial charge on any atom is 0.308 e. The summed E-state index contributed by atoms with van der Waals surface area (Å²) >= 11 is 0. The molecule has 1 heterocycles. The molecule has 1 saturated carbocycles. The molecule has 0 spiro atoms. The Balaban J connectivity index is 1.80. The lowest BCUT2D eigenvalue weighted by molar-refractivity contribution is -0.151. The number of rotatable bonds is 5. The number of piperidine rings is 1. The van der Waals surface area contributed by atoms with Gasteiger partial charge in [0, 0.05) is 13.1 Å². The number of aliphatic hydroxyl groups is 1. The maximum absolute atomic E-state index is 11.8. The Morgan fingerprint density at radius 1 is 1.29 bits per heavy atom. The molecule has 1 aliphatic heterocycles. The second-order valence-electron chi connectivity index (χ2n) is 6.90. The summed E-state index contributed by atoms with van der Waals surface area (Å²) in [4.78, 5) is 14.2. The molecule has 2 fully saturated rings. The van der Waals surface area contributed by atoms with E-state index in [2.05, 4.69) is 11.8 Å². The first-order chi connectivity index (χ1) is 10.1. The van der Waals surface area contributed by atoms with Gasteiger partial charge in [0.15, 0.2) is 0 Å². The molecule has 0 aromatic heterocycles. The van der Waals surface area contributed by atoms with E-state index in [1.54, 1.807) is 0 Å². The lowest BCUT2D eigenvalue weighted by Gasteiger charge is -2.41. The fourth-order valence-electron chi connectivity index (χ4n) is 3.85. The van der Waals surface area contributed by atoms with Crippen LogP contribution < -0.4 is 0 Å². The van der Waals surface area contributed by atoms with Gasteiger partial charge in [-0.1, -0.05) is 13.3 Å². The lowest BCUT2D eigenvalue weighted by atomic mass is 9.78. The number of carbonyl (C=O) groups is 1. The Kier molecular flexibility index (Phi) is 6.06. The Hall–Kier alpha value is -0.610. The average molecular weight is 297 g/mol. The van der Waals surface area contributed by atoms with E-state index in [1.807, 2.05) is 6.92 Å². The summed E-state index contributed by atoms with van der Waals surface area (Å²) in [5.74, 6) is 0.705. The van der Waals surface area contributed by atoms with Crippen LogP contribution in [0.1, 0.15) is 58.8 Å². The molecule has 122 valence electrons. The van der Waals surface area contributed by atoms with Gasteiger partial charge in [-0.25, -0.2) is 0 Å².